The molecule has 0 amide bonds. The maximum Gasteiger partial charge on any atom is 0.137 e. The first kappa shape index (κ1) is 7.83. The zero-order chi connectivity index (χ0) is 8.55. The third-order valence-electron chi connectivity index (χ3n) is 1.79. The molecule has 0 saturated carbocycles. The Bertz CT molecular complexity index is 406. The first-order chi connectivity index (χ1) is 5.81. The minimum Gasteiger partial charge on any atom is -0.466 e. The third-order valence-corrected chi connectivity index (χ3v) is 2.28. The summed E-state index contributed by atoms with van der Waals surface area (Å²) in [5.74, 6) is 0.617. The highest BCUT2D eigenvalue weighted by Gasteiger charge is 2.04. The largest absolute Gasteiger partial charge is 0.466 e. The van der Waals surface area contributed by atoms with Gasteiger partial charge in [-0.2, -0.15) is 0 Å². The van der Waals surface area contributed by atoms with Crippen LogP contribution in [0.1, 0.15) is 5.76 Å². The van der Waals surface area contributed by atoms with Crippen LogP contribution in [0.3, 0.4) is 0 Å². The minimum absolute atomic E-state index is 0.0556. The fourth-order valence-electron chi connectivity index (χ4n) is 1.19. The van der Waals surface area contributed by atoms with Gasteiger partial charge in [-0.3, -0.25) is 0 Å². The molecule has 0 bridgehead atoms. The fourth-order valence-corrected chi connectivity index (χ4v) is 1.55. The molecule has 62 valence electrons. The summed E-state index contributed by atoms with van der Waals surface area (Å²) in [5.41, 5.74) is 0. The molecule has 1 aromatic heterocycles. The maximum absolute atomic E-state index is 8.91. The van der Waals surface area contributed by atoms with Gasteiger partial charge in [-0.15, -0.1) is 0 Å². The molecule has 1 aromatic carbocycles. The van der Waals surface area contributed by atoms with E-state index < -0.39 is 0 Å². The number of hydrogen-bond donors (Lipinski definition) is 1. The summed E-state index contributed by atoms with van der Waals surface area (Å²) >= 11 is 3.36. The SMILES string of the molecule is OCc1occ2ccc(Br)cc12. The molecule has 0 radical (unpaired) electrons. The van der Waals surface area contributed by atoms with E-state index in [2.05, 4.69) is 15.9 Å². The fraction of sp³-hybridized carbons (Fsp3) is 0.111. The van der Waals surface area contributed by atoms with Crippen molar-refractivity contribution in [3.8, 4) is 0 Å². The summed E-state index contributed by atoms with van der Waals surface area (Å²) in [6.45, 7) is -0.0556. The molecule has 0 atom stereocenters. The number of aliphatic hydroxyl groups excluding tert-OH is 1. The number of benzene rings is 1. The summed E-state index contributed by atoms with van der Waals surface area (Å²) in [6.07, 6.45) is 1.65. The van der Waals surface area contributed by atoms with Gasteiger partial charge in [0.15, 0.2) is 0 Å². The highest BCUT2D eigenvalue weighted by Crippen LogP contribution is 2.24. The van der Waals surface area contributed by atoms with Crippen molar-refractivity contribution in [3.63, 3.8) is 0 Å². The summed E-state index contributed by atoms with van der Waals surface area (Å²) in [4.78, 5) is 0. The van der Waals surface area contributed by atoms with E-state index in [0.29, 0.717) is 5.76 Å². The van der Waals surface area contributed by atoms with Crippen LogP contribution in [0.5, 0.6) is 0 Å². The lowest BCUT2D eigenvalue weighted by Crippen LogP contribution is -1.77. The van der Waals surface area contributed by atoms with Crippen LogP contribution in [-0.4, -0.2) is 5.11 Å². The minimum atomic E-state index is -0.0556. The van der Waals surface area contributed by atoms with Crippen LogP contribution in [-0.2, 0) is 6.61 Å². The van der Waals surface area contributed by atoms with Gasteiger partial charge in [0.25, 0.3) is 0 Å². The quantitative estimate of drug-likeness (QED) is 0.812. The molecule has 2 rings (SSSR count). The molecule has 3 heteroatoms. The van der Waals surface area contributed by atoms with Crippen molar-refractivity contribution in [1.29, 1.82) is 0 Å². The molecule has 1 heterocycles. The Morgan fingerprint density at radius 1 is 1.42 bits per heavy atom. The summed E-state index contributed by atoms with van der Waals surface area (Å²) in [7, 11) is 0. The van der Waals surface area contributed by atoms with Crippen molar-refractivity contribution in [2.75, 3.05) is 0 Å². The molecule has 0 unspecified atom stereocenters. The van der Waals surface area contributed by atoms with E-state index in [1.54, 1.807) is 6.26 Å². The molecule has 2 aromatic rings. The average Bonchev–Trinajstić information content (AvgIpc) is 2.46. The van der Waals surface area contributed by atoms with Gasteiger partial charge in [0.2, 0.25) is 0 Å². The predicted molar refractivity (Wildman–Crippen MR) is 49.8 cm³/mol. The van der Waals surface area contributed by atoms with Crippen LogP contribution in [0.15, 0.2) is 33.4 Å². The van der Waals surface area contributed by atoms with Gasteiger partial charge in [-0.25, -0.2) is 0 Å². The van der Waals surface area contributed by atoms with Crippen molar-refractivity contribution in [3.05, 3.63) is 34.7 Å². The van der Waals surface area contributed by atoms with E-state index in [9.17, 15) is 0 Å². The van der Waals surface area contributed by atoms with Gasteiger partial charge >= 0.3 is 0 Å². The van der Waals surface area contributed by atoms with Gasteiger partial charge in [0.1, 0.15) is 12.4 Å². The van der Waals surface area contributed by atoms with Crippen LogP contribution >= 0.6 is 15.9 Å². The van der Waals surface area contributed by atoms with Gasteiger partial charge in [0.05, 0.1) is 6.26 Å². The van der Waals surface area contributed by atoms with Gasteiger partial charge in [-0.05, 0) is 12.1 Å². The van der Waals surface area contributed by atoms with Crippen molar-refractivity contribution in [2.45, 2.75) is 6.61 Å². The number of aliphatic hydroxyl groups is 1. The highest BCUT2D eigenvalue weighted by molar-refractivity contribution is 9.10. The Balaban J connectivity index is 2.75. The lowest BCUT2D eigenvalue weighted by atomic mass is 10.2. The van der Waals surface area contributed by atoms with E-state index in [1.807, 2.05) is 18.2 Å². The number of hydrogen-bond acceptors (Lipinski definition) is 2. The predicted octanol–water partition coefficient (Wildman–Crippen LogP) is 2.69. The second kappa shape index (κ2) is 2.92. The summed E-state index contributed by atoms with van der Waals surface area (Å²) in [6, 6.07) is 5.82. The number of furan rings is 1. The van der Waals surface area contributed by atoms with Crippen LogP contribution in [0.2, 0.25) is 0 Å². The molecule has 0 fully saturated rings. The third kappa shape index (κ3) is 1.15. The van der Waals surface area contributed by atoms with E-state index in [4.69, 9.17) is 9.52 Å². The Kier molecular flexibility index (Phi) is 1.90. The molecule has 0 spiro atoms. The van der Waals surface area contributed by atoms with E-state index >= 15 is 0 Å². The second-order valence-electron chi connectivity index (χ2n) is 2.55. The maximum atomic E-state index is 8.91. The van der Waals surface area contributed by atoms with E-state index in [0.717, 1.165) is 15.2 Å². The molecule has 0 aliphatic carbocycles. The second-order valence-corrected chi connectivity index (χ2v) is 3.46. The molecule has 0 saturated heterocycles. The lowest BCUT2D eigenvalue weighted by molar-refractivity contribution is 0.249. The van der Waals surface area contributed by atoms with Crippen molar-refractivity contribution < 1.29 is 9.52 Å². The van der Waals surface area contributed by atoms with Crippen LogP contribution in [0.4, 0.5) is 0 Å². The van der Waals surface area contributed by atoms with Gasteiger partial charge < -0.3 is 9.52 Å². The summed E-state index contributed by atoms with van der Waals surface area (Å²) in [5, 5.41) is 10.9. The Morgan fingerprint density at radius 3 is 3.00 bits per heavy atom. The van der Waals surface area contributed by atoms with Crippen LogP contribution in [0.25, 0.3) is 10.8 Å². The zero-order valence-corrected chi connectivity index (χ0v) is 7.84. The molecular formula is C9H7BrO2. The van der Waals surface area contributed by atoms with Crippen LogP contribution in [0, 0.1) is 0 Å². The number of rotatable bonds is 1. The lowest BCUT2D eigenvalue weighted by Gasteiger charge is -1.92. The number of fused-ring (bicyclic) bond motifs is 1. The van der Waals surface area contributed by atoms with Gasteiger partial charge in [-0.1, -0.05) is 22.0 Å². The average molecular weight is 227 g/mol. The summed E-state index contributed by atoms with van der Waals surface area (Å²) < 4.78 is 6.14. The van der Waals surface area contributed by atoms with Crippen LogP contribution < -0.4 is 0 Å². The molecule has 2 nitrogen and oxygen atoms in total. The highest BCUT2D eigenvalue weighted by atomic mass is 79.9. The molecule has 1 N–H and O–H groups in total. The molecule has 12 heavy (non-hydrogen) atoms. The molecule has 0 aliphatic heterocycles. The zero-order valence-electron chi connectivity index (χ0n) is 6.25. The first-order valence-electron chi connectivity index (χ1n) is 3.58. The van der Waals surface area contributed by atoms with Crippen molar-refractivity contribution in [1.82, 2.24) is 0 Å². The Hall–Kier alpha value is -0.800. The van der Waals surface area contributed by atoms with Gasteiger partial charge in [0, 0.05) is 15.2 Å². The molecule has 0 aliphatic rings. The normalized spacial score (nSPS) is 10.8. The van der Waals surface area contributed by atoms with Crippen molar-refractivity contribution in [2.24, 2.45) is 0 Å². The molecular weight excluding hydrogens is 220 g/mol. The standard InChI is InChI=1S/C9H7BrO2/c10-7-2-1-6-5-12-9(4-11)8(6)3-7/h1-3,5,11H,4H2. The smallest absolute Gasteiger partial charge is 0.137 e. The van der Waals surface area contributed by atoms with Crippen molar-refractivity contribution >= 4 is 26.7 Å². The van der Waals surface area contributed by atoms with E-state index in [1.165, 1.54) is 0 Å². The Morgan fingerprint density at radius 2 is 2.25 bits per heavy atom. The first-order valence-corrected chi connectivity index (χ1v) is 4.37. The van der Waals surface area contributed by atoms with E-state index in [-0.39, 0.29) is 6.61 Å². The Labute approximate surface area is 77.9 Å². The number of halogens is 1. The topological polar surface area (TPSA) is 33.4 Å². The monoisotopic (exact) mass is 226 g/mol.